The van der Waals surface area contributed by atoms with E-state index in [4.69, 9.17) is 10.2 Å². The lowest BCUT2D eigenvalue weighted by Gasteiger charge is -1.99. The van der Waals surface area contributed by atoms with Gasteiger partial charge in [-0.3, -0.25) is 4.98 Å². The van der Waals surface area contributed by atoms with Gasteiger partial charge in [-0.1, -0.05) is 0 Å². The van der Waals surface area contributed by atoms with Gasteiger partial charge in [0.2, 0.25) is 0 Å². The Morgan fingerprint density at radius 1 is 1.33 bits per heavy atom. The summed E-state index contributed by atoms with van der Waals surface area (Å²) in [6.45, 7) is 0. The number of nitrogen functional groups attached to an aromatic ring is 1. The normalized spacial score (nSPS) is 10.0. The molecular formula is C9H8N2O. The van der Waals surface area contributed by atoms with E-state index in [1.165, 1.54) is 0 Å². The predicted octanol–water partition coefficient (Wildman–Crippen LogP) is 1.92. The van der Waals surface area contributed by atoms with Crippen LogP contribution in [0.4, 0.5) is 5.69 Å². The molecular weight excluding hydrogens is 152 g/mol. The smallest absolute Gasteiger partial charge is 0.0981 e. The van der Waals surface area contributed by atoms with Gasteiger partial charge in [0.1, 0.15) is 0 Å². The van der Waals surface area contributed by atoms with Gasteiger partial charge in [0, 0.05) is 17.3 Å². The van der Waals surface area contributed by atoms with Crippen LogP contribution < -0.4 is 5.73 Å². The van der Waals surface area contributed by atoms with E-state index in [0.717, 1.165) is 11.1 Å². The van der Waals surface area contributed by atoms with E-state index in [9.17, 15) is 0 Å². The van der Waals surface area contributed by atoms with Gasteiger partial charge in [0.25, 0.3) is 0 Å². The van der Waals surface area contributed by atoms with E-state index < -0.39 is 0 Å². The second-order valence-electron chi connectivity index (χ2n) is 2.47. The van der Waals surface area contributed by atoms with Crippen molar-refractivity contribution in [3.8, 4) is 11.1 Å². The van der Waals surface area contributed by atoms with E-state index in [0.29, 0.717) is 5.69 Å². The largest absolute Gasteiger partial charge is 0.472 e. The zero-order valence-electron chi connectivity index (χ0n) is 6.40. The Morgan fingerprint density at radius 3 is 2.92 bits per heavy atom. The molecule has 0 unspecified atom stereocenters. The molecule has 0 radical (unpaired) electrons. The van der Waals surface area contributed by atoms with Crippen molar-refractivity contribution in [2.45, 2.75) is 0 Å². The summed E-state index contributed by atoms with van der Waals surface area (Å²) in [7, 11) is 0. The summed E-state index contributed by atoms with van der Waals surface area (Å²) in [6.07, 6.45) is 6.61. The summed E-state index contributed by atoms with van der Waals surface area (Å²) >= 11 is 0. The highest BCUT2D eigenvalue weighted by Gasteiger charge is 2.01. The van der Waals surface area contributed by atoms with Gasteiger partial charge in [0.05, 0.1) is 24.4 Å². The molecule has 0 atom stereocenters. The Hall–Kier alpha value is -1.77. The van der Waals surface area contributed by atoms with Gasteiger partial charge < -0.3 is 10.2 Å². The van der Waals surface area contributed by atoms with Gasteiger partial charge in [-0.05, 0) is 12.1 Å². The van der Waals surface area contributed by atoms with Crippen LogP contribution in [0.2, 0.25) is 0 Å². The molecule has 60 valence electrons. The van der Waals surface area contributed by atoms with Crippen LogP contribution in [0.5, 0.6) is 0 Å². The average Bonchev–Trinajstić information content (AvgIpc) is 2.57. The third kappa shape index (κ3) is 1.05. The molecule has 0 saturated heterocycles. The quantitative estimate of drug-likeness (QED) is 0.693. The molecule has 2 N–H and O–H groups in total. The molecule has 0 saturated carbocycles. The lowest BCUT2D eigenvalue weighted by molar-refractivity contribution is 0.568. The molecule has 2 rings (SSSR count). The van der Waals surface area contributed by atoms with Crippen LogP contribution in [0.15, 0.2) is 41.5 Å². The molecule has 0 bridgehead atoms. The second-order valence-corrected chi connectivity index (χ2v) is 2.47. The minimum atomic E-state index is 0.666. The molecule has 2 aromatic rings. The second kappa shape index (κ2) is 2.70. The standard InChI is InChI=1S/C9H8N2O/c10-9-5-11-3-1-8(9)7-2-4-12-6-7/h1-6H,10H2. The van der Waals surface area contributed by atoms with Crippen LogP contribution in [0.1, 0.15) is 0 Å². The lowest BCUT2D eigenvalue weighted by Crippen LogP contribution is -1.89. The van der Waals surface area contributed by atoms with Crippen LogP contribution in [0, 0.1) is 0 Å². The molecule has 0 fully saturated rings. The van der Waals surface area contributed by atoms with Crippen molar-refractivity contribution in [3.63, 3.8) is 0 Å². The van der Waals surface area contributed by atoms with Crippen molar-refractivity contribution in [2.24, 2.45) is 0 Å². The van der Waals surface area contributed by atoms with Gasteiger partial charge in [-0.25, -0.2) is 0 Å². The van der Waals surface area contributed by atoms with E-state index in [2.05, 4.69) is 4.98 Å². The number of nitrogens with two attached hydrogens (primary N) is 1. The highest BCUT2D eigenvalue weighted by Crippen LogP contribution is 2.24. The fourth-order valence-electron chi connectivity index (χ4n) is 1.09. The Balaban J connectivity index is 2.55. The lowest BCUT2D eigenvalue weighted by atomic mass is 10.1. The van der Waals surface area contributed by atoms with Gasteiger partial charge >= 0.3 is 0 Å². The first-order chi connectivity index (χ1) is 5.88. The van der Waals surface area contributed by atoms with E-state index in [-0.39, 0.29) is 0 Å². The third-order valence-electron chi connectivity index (χ3n) is 1.68. The minimum Gasteiger partial charge on any atom is -0.472 e. The van der Waals surface area contributed by atoms with Crippen molar-refractivity contribution in [1.82, 2.24) is 4.98 Å². The van der Waals surface area contributed by atoms with Crippen molar-refractivity contribution in [1.29, 1.82) is 0 Å². The van der Waals surface area contributed by atoms with E-state index in [1.54, 1.807) is 24.9 Å². The monoisotopic (exact) mass is 160 g/mol. The number of hydrogen-bond acceptors (Lipinski definition) is 3. The molecule has 12 heavy (non-hydrogen) atoms. The maximum Gasteiger partial charge on any atom is 0.0981 e. The minimum absolute atomic E-state index is 0.666. The fourth-order valence-corrected chi connectivity index (χ4v) is 1.09. The molecule has 3 nitrogen and oxygen atoms in total. The van der Waals surface area contributed by atoms with Crippen molar-refractivity contribution in [2.75, 3.05) is 5.73 Å². The number of hydrogen-bond donors (Lipinski definition) is 1. The first-order valence-corrected chi connectivity index (χ1v) is 3.60. The van der Waals surface area contributed by atoms with Crippen LogP contribution in [0.3, 0.4) is 0 Å². The number of nitrogens with zero attached hydrogens (tertiary/aromatic N) is 1. The summed E-state index contributed by atoms with van der Waals surface area (Å²) in [5, 5.41) is 0. The molecule has 0 amide bonds. The summed E-state index contributed by atoms with van der Waals surface area (Å²) in [5.41, 5.74) is 8.31. The first kappa shape index (κ1) is 6.91. The maximum atomic E-state index is 5.71. The molecule has 0 aliphatic heterocycles. The maximum absolute atomic E-state index is 5.71. The molecule has 2 heterocycles. The number of furan rings is 1. The number of anilines is 1. The number of rotatable bonds is 1. The number of aromatic nitrogens is 1. The molecule has 0 spiro atoms. The SMILES string of the molecule is Nc1cnccc1-c1ccoc1. The summed E-state index contributed by atoms with van der Waals surface area (Å²) in [4.78, 5) is 3.90. The molecule has 0 aromatic carbocycles. The molecule has 3 heteroatoms. The highest BCUT2D eigenvalue weighted by molar-refractivity contribution is 5.74. The van der Waals surface area contributed by atoms with E-state index >= 15 is 0 Å². The van der Waals surface area contributed by atoms with Crippen LogP contribution in [-0.4, -0.2) is 4.98 Å². The Kier molecular flexibility index (Phi) is 1.55. The Morgan fingerprint density at radius 2 is 2.25 bits per heavy atom. The molecule has 0 aliphatic rings. The van der Waals surface area contributed by atoms with Crippen LogP contribution >= 0.6 is 0 Å². The summed E-state index contributed by atoms with van der Waals surface area (Å²) < 4.78 is 4.95. The van der Waals surface area contributed by atoms with Crippen LogP contribution in [0.25, 0.3) is 11.1 Å². The topological polar surface area (TPSA) is 52.0 Å². The summed E-state index contributed by atoms with van der Waals surface area (Å²) in [6, 6.07) is 3.73. The van der Waals surface area contributed by atoms with Gasteiger partial charge in [-0.15, -0.1) is 0 Å². The van der Waals surface area contributed by atoms with Crippen LogP contribution in [-0.2, 0) is 0 Å². The van der Waals surface area contributed by atoms with Gasteiger partial charge in [0.15, 0.2) is 0 Å². The van der Waals surface area contributed by atoms with Crippen molar-refractivity contribution < 1.29 is 4.42 Å². The Bertz CT molecular complexity index is 368. The summed E-state index contributed by atoms with van der Waals surface area (Å²) in [5.74, 6) is 0. The molecule has 0 aliphatic carbocycles. The average molecular weight is 160 g/mol. The van der Waals surface area contributed by atoms with E-state index in [1.807, 2.05) is 12.1 Å². The van der Waals surface area contributed by atoms with Crippen molar-refractivity contribution in [3.05, 3.63) is 37.1 Å². The highest BCUT2D eigenvalue weighted by atomic mass is 16.3. The first-order valence-electron chi connectivity index (χ1n) is 3.60. The predicted molar refractivity (Wildman–Crippen MR) is 46.4 cm³/mol. The number of pyridine rings is 1. The van der Waals surface area contributed by atoms with Crippen molar-refractivity contribution >= 4 is 5.69 Å². The fraction of sp³-hybridized carbons (Fsp3) is 0. The zero-order chi connectivity index (χ0) is 8.39. The van der Waals surface area contributed by atoms with Gasteiger partial charge in [-0.2, -0.15) is 0 Å². The Labute approximate surface area is 69.8 Å². The third-order valence-corrected chi connectivity index (χ3v) is 1.68. The zero-order valence-corrected chi connectivity index (χ0v) is 6.40. The molecule has 2 aromatic heterocycles.